The van der Waals surface area contributed by atoms with Crippen LogP contribution in [0.15, 0.2) is 17.0 Å². The van der Waals surface area contributed by atoms with E-state index < -0.39 is 38.3 Å². The van der Waals surface area contributed by atoms with Gasteiger partial charge in [0.2, 0.25) is 10.0 Å². The summed E-state index contributed by atoms with van der Waals surface area (Å²) >= 11 is 0. The Labute approximate surface area is 109 Å². The summed E-state index contributed by atoms with van der Waals surface area (Å²) in [6.45, 7) is 2.15. The molecule has 1 aromatic rings. The quantitative estimate of drug-likeness (QED) is 0.814. The first-order chi connectivity index (χ1) is 8.81. The molecule has 2 unspecified atom stereocenters. The van der Waals surface area contributed by atoms with Crippen LogP contribution in [0.1, 0.15) is 13.3 Å². The lowest BCUT2D eigenvalue weighted by Crippen LogP contribution is -2.39. The maximum Gasteiger partial charge on any atom is 0.243 e. The molecule has 0 saturated carbocycles. The van der Waals surface area contributed by atoms with E-state index in [1.165, 1.54) is 0 Å². The maximum absolute atomic E-state index is 13.6. The summed E-state index contributed by atoms with van der Waals surface area (Å²) in [6.07, 6.45) is 0.203. The molecule has 8 heteroatoms. The molecule has 1 aromatic carbocycles. The summed E-state index contributed by atoms with van der Waals surface area (Å²) < 4.78 is 58.2. The summed E-state index contributed by atoms with van der Waals surface area (Å²) in [6, 6.07) is 0.794. The Bertz CT molecular complexity index is 592. The van der Waals surface area contributed by atoms with Gasteiger partial charge in [0.05, 0.1) is 17.8 Å². The van der Waals surface area contributed by atoms with E-state index in [4.69, 9.17) is 10.5 Å². The Balaban J connectivity index is 2.32. The highest BCUT2D eigenvalue weighted by Crippen LogP contribution is 2.22. The van der Waals surface area contributed by atoms with Crippen LogP contribution in [-0.4, -0.2) is 27.2 Å². The molecule has 0 radical (unpaired) electrons. The van der Waals surface area contributed by atoms with Crippen molar-refractivity contribution in [1.29, 1.82) is 0 Å². The Morgan fingerprint density at radius 2 is 2.05 bits per heavy atom. The van der Waals surface area contributed by atoms with Crippen molar-refractivity contribution < 1.29 is 21.9 Å². The lowest BCUT2D eigenvalue weighted by Gasteiger charge is -2.16. The molecule has 1 aliphatic rings. The summed E-state index contributed by atoms with van der Waals surface area (Å²) in [5.74, 6) is -2.17. The molecule has 5 nitrogen and oxygen atoms in total. The molecule has 0 aliphatic carbocycles. The number of benzene rings is 1. The summed E-state index contributed by atoms with van der Waals surface area (Å²) in [4.78, 5) is -0.662. The van der Waals surface area contributed by atoms with E-state index in [9.17, 15) is 17.2 Å². The predicted molar refractivity (Wildman–Crippen MR) is 64.9 cm³/mol. The molecule has 1 saturated heterocycles. The fourth-order valence-electron chi connectivity index (χ4n) is 1.90. The van der Waals surface area contributed by atoms with Crippen molar-refractivity contribution in [1.82, 2.24) is 4.72 Å². The minimum Gasteiger partial charge on any atom is -0.396 e. The second-order valence-corrected chi connectivity index (χ2v) is 6.08. The number of halogens is 2. The molecule has 0 bridgehead atoms. The van der Waals surface area contributed by atoms with Gasteiger partial charge in [0.1, 0.15) is 16.5 Å². The zero-order chi connectivity index (χ0) is 14.2. The van der Waals surface area contributed by atoms with Crippen LogP contribution in [-0.2, 0) is 14.8 Å². The molecule has 3 N–H and O–H groups in total. The molecule has 0 spiro atoms. The van der Waals surface area contributed by atoms with E-state index in [-0.39, 0.29) is 6.10 Å². The number of rotatable bonds is 3. The van der Waals surface area contributed by atoms with Crippen molar-refractivity contribution in [3.05, 3.63) is 23.8 Å². The Hall–Kier alpha value is -1.25. The molecule has 2 atom stereocenters. The smallest absolute Gasteiger partial charge is 0.243 e. The van der Waals surface area contributed by atoms with Crippen LogP contribution in [0.2, 0.25) is 0 Å². The van der Waals surface area contributed by atoms with E-state index in [1.807, 2.05) is 0 Å². The molecular formula is C11H14F2N2O3S. The minimum atomic E-state index is -4.10. The Morgan fingerprint density at radius 3 is 2.63 bits per heavy atom. The molecule has 0 amide bonds. The first kappa shape index (κ1) is 14.2. The molecule has 2 rings (SSSR count). The maximum atomic E-state index is 13.6. The molecule has 19 heavy (non-hydrogen) atoms. The van der Waals surface area contributed by atoms with Crippen LogP contribution >= 0.6 is 0 Å². The fraction of sp³-hybridized carbons (Fsp3) is 0.455. The van der Waals surface area contributed by atoms with Crippen molar-refractivity contribution in [2.75, 3.05) is 12.3 Å². The summed E-state index contributed by atoms with van der Waals surface area (Å²) in [5, 5.41) is 0. The average molecular weight is 292 g/mol. The second kappa shape index (κ2) is 5.03. The highest BCUT2D eigenvalue weighted by molar-refractivity contribution is 7.89. The number of hydrogen-bond donors (Lipinski definition) is 2. The van der Waals surface area contributed by atoms with Crippen LogP contribution in [0.25, 0.3) is 0 Å². The highest BCUT2D eigenvalue weighted by atomic mass is 32.2. The monoisotopic (exact) mass is 292 g/mol. The number of nitrogens with two attached hydrogens (primary N) is 1. The largest absolute Gasteiger partial charge is 0.396 e. The molecular weight excluding hydrogens is 278 g/mol. The van der Waals surface area contributed by atoms with E-state index in [0.29, 0.717) is 19.1 Å². The molecule has 1 fully saturated rings. The number of sulfonamides is 1. The lowest BCUT2D eigenvalue weighted by molar-refractivity contribution is 0.117. The zero-order valence-electron chi connectivity index (χ0n) is 10.2. The van der Waals surface area contributed by atoms with Gasteiger partial charge in [0.25, 0.3) is 0 Å². The second-order valence-electron chi connectivity index (χ2n) is 4.40. The van der Waals surface area contributed by atoms with Crippen LogP contribution in [0, 0.1) is 11.6 Å². The number of hydrogen-bond acceptors (Lipinski definition) is 4. The van der Waals surface area contributed by atoms with Gasteiger partial charge in [-0.1, -0.05) is 0 Å². The van der Waals surface area contributed by atoms with Crippen LogP contribution < -0.4 is 10.5 Å². The van der Waals surface area contributed by atoms with Crippen molar-refractivity contribution in [2.45, 2.75) is 30.4 Å². The predicted octanol–water partition coefficient (Wildman–Crippen LogP) is 1.00. The standard InChI is InChI=1S/C11H14F2N2O3S/c1-6-10(2-3-18-6)15-19(16,17)11-5-9(14)7(12)4-8(11)13/h4-6,10,15H,2-3,14H2,1H3. The molecule has 106 valence electrons. The number of nitrogen functional groups attached to an aromatic ring is 1. The van der Waals surface area contributed by atoms with E-state index >= 15 is 0 Å². The summed E-state index contributed by atoms with van der Waals surface area (Å²) in [7, 11) is -4.10. The van der Waals surface area contributed by atoms with E-state index in [2.05, 4.69) is 4.72 Å². The average Bonchev–Trinajstić information content (AvgIpc) is 2.69. The Kier molecular flexibility index (Phi) is 3.75. The first-order valence-corrected chi connectivity index (χ1v) is 7.18. The van der Waals surface area contributed by atoms with Gasteiger partial charge in [-0.3, -0.25) is 0 Å². The number of nitrogens with one attached hydrogen (secondary N) is 1. The Morgan fingerprint density at radius 1 is 1.37 bits per heavy atom. The summed E-state index contributed by atoms with van der Waals surface area (Å²) in [5.41, 5.74) is 4.84. The minimum absolute atomic E-state index is 0.296. The fourth-order valence-corrected chi connectivity index (χ4v) is 3.33. The van der Waals surface area contributed by atoms with Gasteiger partial charge in [0.15, 0.2) is 0 Å². The van der Waals surface area contributed by atoms with E-state index in [1.54, 1.807) is 6.92 Å². The van der Waals surface area contributed by atoms with Gasteiger partial charge in [0, 0.05) is 12.7 Å². The van der Waals surface area contributed by atoms with Crippen molar-refractivity contribution in [3.63, 3.8) is 0 Å². The van der Waals surface area contributed by atoms with Crippen molar-refractivity contribution in [2.24, 2.45) is 0 Å². The third kappa shape index (κ3) is 2.85. The van der Waals surface area contributed by atoms with Crippen molar-refractivity contribution in [3.8, 4) is 0 Å². The van der Waals surface area contributed by atoms with Gasteiger partial charge in [-0.15, -0.1) is 0 Å². The third-order valence-corrected chi connectivity index (χ3v) is 4.53. The first-order valence-electron chi connectivity index (χ1n) is 5.69. The topological polar surface area (TPSA) is 81.4 Å². The molecule has 1 heterocycles. The van der Waals surface area contributed by atoms with Gasteiger partial charge >= 0.3 is 0 Å². The van der Waals surface area contributed by atoms with Gasteiger partial charge in [-0.05, 0) is 19.4 Å². The van der Waals surface area contributed by atoms with Gasteiger partial charge in [-0.25, -0.2) is 21.9 Å². The van der Waals surface area contributed by atoms with Gasteiger partial charge in [-0.2, -0.15) is 0 Å². The number of ether oxygens (including phenoxy) is 1. The van der Waals surface area contributed by atoms with E-state index in [0.717, 1.165) is 6.07 Å². The molecule has 1 aliphatic heterocycles. The van der Waals surface area contributed by atoms with Gasteiger partial charge < -0.3 is 10.5 Å². The van der Waals surface area contributed by atoms with Crippen molar-refractivity contribution >= 4 is 15.7 Å². The normalized spacial score (nSPS) is 23.7. The van der Waals surface area contributed by atoms with Crippen LogP contribution in [0.4, 0.5) is 14.5 Å². The highest BCUT2D eigenvalue weighted by Gasteiger charge is 2.31. The third-order valence-electron chi connectivity index (χ3n) is 3.02. The number of anilines is 1. The van der Waals surface area contributed by atoms with Crippen LogP contribution in [0.5, 0.6) is 0 Å². The van der Waals surface area contributed by atoms with Crippen LogP contribution in [0.3, 0.4) is 0 Å². The SMILES string of the molecule is CC1OCCC1NS(=O)(=O)c1cc(N)c(F)cc1F. The zero-order valence-corrected chi connectivity index (χ0v) is 11.0. The lowest BCUT2D eigenvalue weighted by atomic mass is 10.2. The molecule has 0 aromatic heterocycles.